The predicted molar refractivity (Wildman–Crippen MR) is 73.5 cm³/mol. The molecule has 0 bridgehead atoms. The lowest BCUT2D eigenvalue weighted by molar-refractivity contribution is -0.136. The van der Waals surface area contributed by atoms with Crippen molar-refractivity contribution in [2.45, 2.75) is 51.6 Å². The van der Waals surface area contributed by atoms with Gasteiger partial charge in [-0.15, -0.1) is 0 Å². The Labute approximate surface area is 111 Å². The fourth-order valence-electron chi connectivity index (χ4n) is 3.03. The molecule has 2 rings (SSSR count). The van der Waals surface area contributed by atoms with Gasteiger partial charge in [-0.05, 0) is 26.7 Å². The van der Waals surface area contributed by atoms with E-state index in [1.54, 1.807) is 0 Å². The minimum Gasteiger partial charge on any atom is -0.341 e. The zero-order valence-corrected chi connectivity index (χ0v) is 11.8. The van der Waals surface area contributed by atoms with Gasteiger partial charge in [0, 0.05) is 38.8 Å². The normalized spacial score (nSPS) is 28.8. The number of rotatable bonds is 2. The molecule has 0 spiro atoms. The van der Waals surface area contributed by atoms with E-state index in [0.717, 1.165) is 32.7 Å². The van der Waals surface area contributed by atoms with E-state index < -0.39 is 0 Å². The van der Waals surface area contributed by atoms with Gasteiger partial charge in [0.2, 0.25) is 5.91 Å². The number of hydrogen-bond donors (Lipinski definition) is 1. The van der Waals surface area contributed by atoms with E-state index in [2.05, 4.69) is 29.0 Å². The van der Waals surface area contributed by atoms with Gasteiger partial charge in [0.1, 0.15) is 0 Å². The number of amides is 1. The van der Waals surface area contributed by atoms with Crippen molar-refractivity contribution in [1.82, 2.24) is 15.1 Å². The molecule has 2 saturated heterocycles. The van der Waals surface area contributed by atoms with Crippen molar-refractivity contribution in [2.75, 3.05) is 32.7 Å². The Bertz CT molecular complexity index is 274. The van der Waals surface area contributed by atoms with E-state index in [-0.39, 0.29) is 6.04 Å². The van der Waals surface area contributed by atoms with Crippen molar-refractivity contribution in [2.24, 2.45) is 0 Å². The summed E-state index contributed by atoms with van der Waals surface area (Å²) in [5.74, 6) is 0.339. The molecule has 2 aliphatic heterocycles. The summed E-state index contributed by atoms with van der Waals surface area (Å²) in [6, 6.07) is 0.547. The van der Waals surface area contributed by atoms with E-state index in [9.17, 15) is 4.79 Å². The van der Waals surface area contributed by atoms with Crippen LogP contribution in [0.1, 0.15) is 39.5 Å². The second-order valence-corrected chi connectivity index (χ2v) is 5.77. The number of hydrogen-bond acceptors (Lipinski definition) is 3. The minimum absolute atomic E-state index is 0.0487. The summed E-state index contributed by atoms with van der Waals surface area (Å²) < 4.78 is 0. The predicted octanol–water partition coefficient (Wildman–Crippen LogP) is 1.07. The monoisotopic (exact) mass is 253 g/mol. The number of piperazine rings is 1. The quantitative estimate of drug-likeness (QED) is 0.799. The molecule has 2 fully saturated rings. The van der Waals surface area contributed by atoms with Gasteiger partial charge in [0.05, 0.1) is 6.04 Å². The maximum atomic E-state index is 12.5. The summed E-state index contributed by atoms with van der Waals surface area (Å²) in [5.41, 5.74) is 0. The highest BCUT2D eigenvalue weighted by atomic mass is 16.2. The highest BCUT2D eigenvalue weighted by Gasteiger charge is 2.28. The fourth-order valence-corrected chi connectivity index (χ4v) is 3.03. The Morgan fingerprint density at radius 1 is 1.17 bits per heavy atom. The lowest BCUT2D eigenvalue weighted by Gasteiger charge is -2.37. The van der Waals surface area contributed by atoms with Gasteiger partial charge in [0.25, 0.3) is 0 Å². The van der Waals surface area contributed by atoms with E-state index in [4.69, 9.17) is 0 Å². The molecular weight excluding hydrogens is 226 g/mol. The molecule has 104 valence electrons. The van der Waals surface area contributed by atoms with Gasteiger partial charge in [-0.1, -0.05) is 12.8 Å². The topological polar surface area (TPSA) is 35.6 Å². The largest absolute Gasteiger partial charge is 0.341 e. The Kier molecular flexibility index (Phi) is 5.01. The number of nitrogens with zero attached hydrogens (tertiary/aromatic N) is 2. The SMILES string of the molecule is CC1CN(C(C)C(=O)N2CCCCCC2)CCN1. The van der Waals surface area contributed by atoms with E-state index in [1.165, 1.54) is 25.7 Å². The summed E-state index contributed by atoms with van der Waals surface area (Å²) in [6.45, 7) is 9.17. The molecule has 18 heavy (non-hydrogen) atoms. The summed E-state index contributed by atoms with van der Waals surface area (Å²) >= 11 is 0. The summed E-state index contributed by atoms with van der Waals surface area (Å²) in [4.78, 5) is 16.9. The van der Waals surface area contributed by atoms with E-state index >= 15 is 0 Å². The van der Waals surface area contributed by atoms with Gasteiger partial charge in [-0.3, -0.25) is 9.69 Å². The van der Waals surface area contributed by atoms with Crippen LogP contribution in [0.25, 0.3) is 0 Å². The summed E-state index contributed by atoms with van der Waals surface area (Å²) in [5, 5.41) is 3.43. The maximum Gasteiger partial charge on any atom is 0.239 e. The van der Waals surface area contributed by atoms with Crippen LogP contribution in [-0.2, 0) is 4.79 Å². The molecule has 2 atom stereocenters. The van der Waals surface area contributed by atoms with E-state index in [0.29, 0.717) is 11.9 Å². The number of nitrogens with one attached hydrogen (secondary N) is 1. The lowest BCUT2D eigenvalue weighted by atomic mass is 10.1. The van der Waals surface area contributed by atoms with Gasteiger partial charge in [-0.25, -0.2) is 0 Å². The van der Waals surface area contributed by atoms with Crippen molar-refractivity contribution in [3.8, 4) is 0 Å². The molecular formula is C14H27N3O. The smallest absolute Gasteiger partial charge is 0.239 e. The first kappa shape index (κ1) is 13.8. The van der Waals surface area contributed by atoms with Crippen LogP contribution in [0.4, 0.5) is 0 Å². The molecule has 0 aromatic carbocycles. The van der Waals surface area contributed by atoms with Crippen molar-refractivity contribution in [1.29, 1.82) is 0 Å². The molecule has 2 unspecified atom stereocenters. The van der Waals surface area contributed by atoms with Crippen LogP contribution >= 0.6 is 0 Å². The second kappa shape index (κ2) is 6.53. The zero-order valence-electron chi connectivity index (χ0n) is 11.8. The molecule has 0 aliphatic carbocycles. The third-order valence-electron chi connectivity index (χ3n) is 4.22. The van der Waals surface area contributed by atoms with Crippen LogP contribution in [0.2, 0.25) is 0 Å². The average molecular weight is 253 g/mol. The average Bonchev–Trinajstić information content (AvgIpc) is 2.66. The summed E-state index contributed by atoms with van der Waals surface area (Å²) in [6.07, 6.45) is 4.92. The van der Waals surface area contributed by atoms with Crippen LogP contribution in [0.3, 0.4) is 0 Å². The highest BCUT2D eigenvalue weighted by molar-refractivity contribution is 5.81. The molecule has 1 N–H and O–H groups in total. The Morgan fingerprint density at radius 2 is 1.83 bits per heavy atom. The van der Waals surface area contributed by atoms with Crippen LogP contribution < -0.4 is 5.32 Å². The fraction of sp³-hybridized carbons (Fsp3) is 0.929. The molecule has 1 amide bonds. The van der Waals surface area contributed by atoms with Crippen LogP contribution in [-0.4, -0.2) is 60.5 Å². The summed E-state index contributed by atoms with van der Waals surface area (Å²) in [7, 11) is 0. The van der Waals surface area contributed by atoms with Gasteiger partial charge >= 0.3 is 0 Å². The van der Waals surface area contributed by atoms with Crippen LogP contribution in [0, 0.1) is 0 Å². The third-order valence-corrected chi connectivity index (χ3v) is 4.22. The molecule has 4 heteroatoms. The van der Waals surface area contributed by atoms with Crippen molar-refractivity contribution in [3.63, 3.8) is 0 Å². The number of carbonyl (C=O) groups is 1. The Balaban J connectivity index is 1.90. The van der Waals surface area contributed by atoms with Gasteiger partial charge in [0.15, 0.2) is 0 Å². The molecule has 0 aromatic rings. The van der Waals surface area contributed by atoms with Crippen molar-refractivity contribution >= 4 is 5.91 Å². The Morgan fingerprint density at radius 3 is 2.44 bits per heavy atom. The van der Waals surface area contributed by atoms with Crippen LogP contribution in [0.15, 0.2) is 0 Å². The Hall–Kier alpha value is -0.610. The zero-order chi connectivity index (χ0) is 13.0. The third kappa shape index (κ3) is 3.45. The maximum absolute atomic E-state index is 12.5. The number of likely N-dealkylation sites (tertiary alicyclic amines) is 1. The first-order chi connectivity index (χ1) is 8.68. The standard InChI is InChI=1S/C14H27N3O/c1-12-11-17(10-7-15-12)13(2)14(18)16-8-5-3-4-6-9-16/h12-13,15H,3-11H2,1-2H3. The highest BCUT2D eigenvalue weighted by Crippen LogP contribution is 2.13. The molecule has 2 aliphatic rings. The molecule has 2 heterocycles. The lowest BCUT2D eigenvalue weighted by Crippen LogP contribution is -2.56. The molecule has 0 radical (unpaired) electrons. The first-order valence-electron chi connectivity index (χ1n) is 7.44. The minimum atomic E-state index is 0.0487. The van der Waals surface area contributed by atoms with Crippen molar-refractivity contribution in [3.05, 3.63) is 0 Å². The molecule has 4 nitrogen and oxygen atoms in total. The second-order valence-electron chi connectivity index (χ2n) is 5.77. The van der Waals surface area contributed by atoms with Crippen molar-refractivity contribution < 1.29 is 4.79 Å². The molecule has 0 saturated carbocycles. The first-order valence-corrected chi connectivity index (χ1v) is 7.44. The number of carbonyl (C=O) groups excluding carboxylic acids is 1. The van der Waals surface area contributed by atoms with Gasteiger partial charge in [-0.2, -0.15) is 0 Å². The van der Waals surface area contributed by atoms with E-state index in [1.807, 2.05) is 0 Å². The molecule has 0 aromatic heterocycles. The van der Waals surface area contributed by atoms with Gasteiger partial charge < -0.3 is 10.2 Å². The van der Waals surface area contributed by atoms with Crippen LogP contribution in [0.5, 0.6) is 0 Å².